The second-order valence-electron chi connectivity index (χ2n) is 3.90. The molecular formula is C11H11NO4S. The van der Waals surface area contributed by atoms with Crippen molar-refractivity contribution in [1.29, 1.82) is 0 Å². The van der Waals surface area contributed by atoms with Gasteiger partial charge in [0.2, 0.25) is 0 Å². The van der Waals surface area contributed by atoms with Gasteiger partial charge in [-0.25, -0.2) is 0 Å². The number of aromatic hydroxyl groups is 1. The highest BCUT2D eigenvalue weighted by atomic mass is 32.3. The first-order valence-corrected chi connectivity index (χ1v) is 6.83. The minimum Gasteiger partial charge on any atom is -0.507 e. The molecule has 0 aromatic heterocycles. The Balaban J connectivity index is 2.20. The fraction of sp³-hybridized carbons (Fsp3) is 0.0909. The number of nitrogens with two attached hydrogens (primary N) is 1. The van der Waals surface area contributed by atoms with Gasteiger partial charge in [0.05, 0.1) is 4.90 Å². The van der Waals surface area contributed by atoms with E-state index in [0.29, 0.717) is 11.1 Å². The standard InChI is InChI=1S/C11H11NO4S/c1-17(15-14-16-17)9-4-7-2-3-8(12)5-10(7)11(13)6-9/h2-6,13H,12H2,1H3. The van der Waals surface area contributed by atoms with E-state index >= 15 is 0 Å². The van der Waals surface area contributed by atoms with Crippen LogP contribution in [-0.2, 0) is 13.7 Å². The fourth-order valence-electron chi connectivity index (χ4n) is 1.73. The van der Waals surface area contributed by atoms with Crippen molar-refractivity contribution in [2.24, 2.45) is 0 Å². The number of phenolic OH excluding ortho intramolecular Hbond substituents is 1. The summed E-state index contributed by atoms with van der Waals surface area (Å²) in [4.78, 5) is 0.763. The topological polar surface area (TPSA) is 73.9 Å². The highest BCUT2D eigenvalue weighted by Gasteiger charge is 2.32. The lowest BCUT2D eigenvalue weighted by atomic mass is 10.1. The molecule has 1 fully saturated rings. The zero-order chi connectivity index (χ0) is 12.0. The fourth-order valence-corrected chi connectivity index (χ4v) is 2.78. The van der Waals surface area contributed by atoms with E-state index < -0.39 is 10.6 Å². The normalized spacial score (nSPS) is 19.8. The summed E-state index contributed by atoms with van der Waals surface area (Å²) in [5.74, 6) is 0.151. The van der Waals surface area contributed by atoms with Crippen LogP contribution in [0.1, 0.15) is 0 Å². The molecule has 5 nitrogen and oxygen atoms in total. The lowest BCUT2D eigenvalue weighted by Crippen LogP contribution is -2.18. The van der Waals surface area contributed by atoms with E-state index in [1.165, 1.54) is 0 Å². The first-order chi connectivity index (χ1) is 8.08. The Labute approximate surface area is 99.3 Å². The molecule has 0 bridgehead atoms. The smallest absolute Gasteiger partial charge is 0.125 e. The Morgan fingerprint density at radius 3 is 2.59 bits per heavy atom. The van der Waals surface area contributed by atoms with E-state index in [1.807, 2.05) is 12.1 Å². The van der Waals surface area contributed by atoms with Gasteiger partial charge < -0.3 is 10.8 Å². The zero-order valence-corrected chi connectivity index (χ0v) is 9.86. The van der Waals surface area contributed by atoms with Crippen molar-refractivity contribution in [1.82, 2.24) is 0 Å². The third-order valence-electron chi connectivity index (χ3n) is 2.67. The number of phenols is 1. The summed E-state index contributed by atoms with van der Waals surface area (Å²) in [5, 5.41) is 15.8. The summed E-state index contributed by atoms with van der Waals surface area (Å²) in [7, 11) is -1.86. The number of benzene rings is 2. The molecule has 1 aliphatic heterocycles. The molecule has 0 spiro atoms. The van der Waals surface area contributed by atoms with E-state index in [-0.39, 0.29) is 5.75 Å². The third-order valence-corrected chi connectivity index (χ3v) is 4.40. The SMILES string of the molecule is CS1(c2cc(O)c3cc(N)ccc3c2)OOO1. The van der Waals surface area contributed by atoms with E-state index in [4.69, 9.17) is 14.4 Å². The Morgan fingerprint density at radius 1 is 1.18 bits per heavy atom. The Morgan fingerprint density at radius 2 is 1.94 bits per heavy atom. The molecule has 3 rings (SSSR count). The molecule has 17 heavy (non-hydrogen) atoms. The molecule has 90 valence electrons. The minimum absolute atomic E-state index is 0.151. The molecule has 0 unspecified atom stereocenters. The molecule has 2 aromatic carbocycles. The van der Waals surface area contributed by atoms with Crippen LogP contribution in [0.5, 0.6) is 5.75 Å². The average Bonchev–Trinajstić information content (AvgIpc) is 2.26. The molecule has 3 N–H and O–H groups in total. The van der Waals surface area contributed by atoms with E-state index in [2.05, 4.69) is 5.04 Å². The van der Waals surface area contributed by atoms with Crippen LogP contribution < -0.4 is 5.73 Å². The lowest BCUT2D eigenvalue weighted by molar-refractivity contribution is -0.470. The average molecular weight is 253 g/mol. The van der Waals surface area contributed by atoms with Crippen molar-refractivity contribution in [2.45, 2.75) is 4.90 Å². The summed E-state index contributed by atoms with van der Waals surface area (Å²) in [6, 6.07) is 8.86. The molecule has 1 aliphatic rings. The second-order valence-corrected chi connectivity index (χ2v) is 6.19. The van der Waals surface area contributed by atoms with Crippen molar-refractivity contribution in [2.75, 3.05) is 12.0 Å². The van der Waals surface area contributed by atoms with Gasteiger partial charge in [0.15, 0.2) is 0 Å². The predicted molar refractivity (Wildman–Crippen MR) is 65.1 cm³/mol. The molecule has 1 heterocycles. The third kappa shape index (κ3) is 1.62. The van der Waals surface area contributed by atoms with Crippen LogP contribution in [0.25, 0.3) is 10.8 Å². The number of fused-ring (bicyclic) bond motifs is 1. The summed E-state index contributed by atoms with van der Waals surface area (Å²) >= 11 is 0. The molecule has 0 aliphatic carbocycles. The molecule has 1 saturated heterocycles. The van der Waals surface area contributed by atoms with E-state index in [0.717, 1.165) is 10.3 Å². The summed E-state index contributed by atoms with van der Waals surface area (Å²) in [6.07, 6.45) is 1.79. The number of hydrogen-bond donors (Lipinski definition) is 2. The van der Waals surface area contributed by atoms with E-state index in [9.17, 15) is 5.11 Å². The Bertz CT molecular complexity index is 597. The maximum atomic E-state index is 9.97. The van der Waals surface area contributed by atoms with Crippen LogP contribution in [-0.4, -0.2) is 11.4 Å². The Hall–Kier alpha value is -1.47. The largest absolute Gasteiger partial charge is 0.507 e. The van der Waals surface area contributed by atoms with Gasteiger partial charge in [0.25, 0.3) is 0 Å². The first kappa shape index (κ1) is 10.7. The van der Waals surface area contributed by atoms with Crippen LogP contribution in [0.3, 0.4) is 0 Å². The number of rotatable bonds is 1. The van der Waals surface area contributed by atoms with E-state index in [1.54, 1.807) is 24.5 Å². The van der Waals surface area contributed by atoms with Gasteiger partial charge in [-0.2, -0.15) is 0 Å². The molecule has 6 heteroatoms. The van der Waals surface area contributed by atoms with Crippen molar-refractivity contribution in [3.8, 4) is 5.75 Å². The van der Waals surface area contributed by atoms with Crippen LogP contribution in [0.2, 0.25) is 0 Å². The number of anilines is 1. The summed E-state index contributed by atoms with van der Waals surface area (Å²) in [5.41, 5.74) is 6.29. The number of hydrogen-bond acceptors (Lipinski definition) is 5. The monoisotopic (exact) mass is 253 g/mol. The second kappa shape index (κ2) is 3.51. The van der Waals surface area contributed by atoms with Crippen LogP contribution in [0.4, 0.5) is 5.69 Å². The number of nitrogen functional groups attached to an aromatic ring is 1. The van der Waals surface area contributed by atoms with Crippen LogP contribution in [0.15, 0.2) is 35.2 Å². The van der Waals surface area contributed by atoms with Gasteiger partial charge in [-0.1, -0.05) is 14.7 Å². The van der Waals surface area contributed by atoms with Crippen molar-refractivity contribution in [3.63, 3.8) is 0 Å². The highest BCUT2D eigenvalue weighted by Crippen LogP contribution is 2.62. The van der Waals surface area contributed by atoms with Crippen LogP contribution >= 0.6 is 10.6 Å². The molecule has 2 aromatic rings. The van der Waals surface area contributed by atoms with Crippen molar-refractivity contribution < 1.29 is 18.8 Å². The molecular weight excluding hydrogens is 242 g/mol. The molecule has 0 saturated carbocycles. The maximum Gasteiger partial charge on any atom is 0.125 e. The van der Waals surface area contributed by atoms with Gasteiger partial charge in [-0.3, -0.25) is 0 Å². The maximum absolute atomic E-state index is 9.97. The lowest BCUT2D eigenvalue weighted by Gasteiger charge is -2.41. The van der Waals surface area contributed by atoms with Crippen molar-refractivity contribution in [3.05, 3.63) is 30.3 Å². The van der Waals surface area contributed by atoms with Gasteiger partial charge in [0.1, 0.15) is 5.75 Å². The van der Waals surface area contributed by atoms with Gasteiger partial charge in [-0.05, 0) is 28.6 Å². The quantitative estimate of drug-likeness (QED) is 0.603. The summed E-state index contributed by atoms with van der Waals surface area (Å²) in [6.45, 7) is 0. The van der Waals surface area contributed by atoms with Gasteiger partial charge in [0, 0.05) is 23.4 Å². The van der Waals surface area contributed by atoms with Gasteiger partial charge >= 0.3 is 0 Å². The highest BCUT2D eigenvalue weighted by molar-refractivity contribution is 8.25. The minimum atomic E-state index is -1.86. The molecule has 0 radical (unpaired) electrons. The predicted octanol–water partition coefficient (Wildman–Crippen LogP) is 2.64. The molecule has 0 atom stereocenters. The van der Waals surface area contributed by atoms with Crippen molar-refractivity contribution >= 4 is 27.0 Å². The zero-order valence-electron chi connectivity index (χ0n) is 9.04. The Kier molecular flexibility index (Phi) is 2.20. The first-order valence-electron chi connectivity index (χ1n) is 4.93. The molecule has 0 amide bonds. The summed E-state index contributed by atoms with van der Waals surface area (Å²) < 4.78 is 9.91. The van der Waals surface area contributed by atoms with Gasteiger partial charge in [-0.15, -0.1) is 10.6 Å². The van der Waals surface area contributed by atoms with Crippen LogP contribution in [0, 0.1) is 0 Å².